The molecule has 1 heterocycles. The Kier molecular flexibility index (Phi) is 3.43. The summed E-state index contributed by atoms with van der Waals surface area (Å²) < 4.78 is 10.1. The number of rotatable bonds is 4. The first-order chi connectivity index (χ1) is 8.59. The topological polar surface area (TPSA) is 59.0 Å². The summed E-state index contributed by atoms with van der Waals surface area (Å²) in [5.74, 6) is 0.771. The van der Waals surface area contributed by atoms with Crippen molar-refractivity contribution in [1.29, 1.82) is 0 Å². The molecule has 0 radical (unpaired) electrons. The van der Waals surface area contributed by atoms with Gasteiger partial charge in [0.1, 0.15) is 17.9 Å². The second-order valence-corrected chi connectivity index (χ2v) is 4.64. The van der Waals surface area contributed by atoms with Gasteiger partial charge in [-0.1, -0.05) is 12.1 Å². The van der Waals surface area contributed by atoms with Crippen LogP contribution >= 0.6 is 0 Å². The van der Waals surface area contributed by atoms with Crippen LogP contribution in [-0.4, -0.2) is 42.0 Å². The zero-order valence-electron chi connectivity index (χ0n) is 10.5. The summed E-state index contributed by atoms with van der Waals surface area (Å²) in [6, 6.07) is 7.46. The van der Waals surface area contributed by atoms with E-state index >= 15 is 0 Å². The maximum absolute atomic E-state index is 11.6. The van der Waals surface area contributed by atoms with Crippen LogP contribution in [0.25, 0.3) is 0 Å². The molecule has 1 atom stereocenters. The van der Waals surface area contributed by atoms with Crippen LogP contribution in [0.5, 0.6) is 5.75 Å². The monoisotopic (exact) mass is 251 g/mol. The van der Waals surface area contributed by atoms with Gasteiger partial charge in [-0.05, 0) is 24.6 Å². The molecule has 5 heteroatoms. The van der Waals surface area contributed by atoms with E-state index in [0.717, 1.165) is 11.3 Å². The lowest BCUT2D eigenvalue weighted by atomic mass is 10.0. The van der Waals surface area contributed by atoms with Crippen molar-refractivity contribution in [3.63, 3.8) is 0 Å². The van der Waals surface area contributed by atoms with Gasteiger partial charge < -0.3 is 14.6 Å². The Morgan fingerprint density at radius 2 is 2.11 bits per heavy atom. The molecule has 0 saturated carbocycles. The van der Waals surface area contributed by atoms with Crippen molar-refractivity contribution >= 4 is 6.09 Å². The molecule has 2 rings (SSSR count). The van der Waals surface area contributed by atoms with Crippen molar-refractivity contribution in [3.8, 4) is 5.75 Å². The Balaban J connectivity index is 2.13. The quantitative estimate of drug-likeness (QED) is 0.878. The number of amides is 1. The van der Waals surface area contributed by atoms with E-state index in [2.05, 4.69) is 0 Å². The van der Waals surface area contributed by atoms with E-state index in [9.17, 15) is 9.90 Å². The molecule has 1 aromatic rings. The lowest BCUT2D eigenvalue weighted by Gasteiger charge is -2.29. The van der Waals surface area contributed by atoms with E-state index in [1.165, 1.54) is 0 Å². The summed E-state index contributed by atoms with van der Waals surface area (Å²) in [5.41, 5.74) is 0.325. The predicted molar refractivity (Wildman–Crippen MR) is 65.4 cm³/mol. The zero-order chi connectivity index (χ0) is 13.2. The number of carbonyl (C=O) groups is 1. The van der Waals surface area contributed by atoms with Gasteiger partial charge in [0.15, 0.2) is 0 Å². The third kappa shape index (κ3) is 2.26. The summed E-state index contributed by atoms with van der Waals surface area (Å²) in [7, 11) is 1.61. The third-order valence-corrected chi connectivity index (χ3v) is 3.22. The minimum absolute atomic E-state index is 0.116. The smallest absolute Gasteiger partial charge is 0.410 e. The van der Waals surface area contributed by atoms with Gasteiger partial charge in [-0.15, -0.1) is 0 Å². The second kappa shape index (κ2) is 4.86. The number of ether oxygens (including phenoxy) is 2. The molecule has 1 aromatic carbocycles. The van der Waals surface area contributed by atoms with Crippen LogP contribution in [0.2, 0.25) is 0 Å². The Morgan fingerprint density at radius 3 is 2.67 bits per heavy atom. The van der Waals surface area contributed by atoms with Crippen molar-refractivity contribution in [2.24, 2.45) is 0 Å². The Morgan fingerprint density at radius 1 is 1.44 bits per heavy atom. The minimum Gasteiger partial charge on any atom is -0.497 e. The van der Waals surface area contributed by atoms with Gasteiger partial charge in [0.2, 0.25) is 0 Å². The molecule has 1 saturated heterocycles. The Hall–Kier alpha value is -1.75. The van der Waals surface area contributed by atoms with Crippen molar-refractivity contribution in [3.05, 3.63) is 29.8 Å². The molecule has 1 unspecified atom stereocenters. The highest BCUT2D eigenvalue weighted by molar-refractivity contribution is 5.71. The molecule has 0 aromatic heterocycles. The average Bonchev–Trinajstić information content (AvgIpc) is 2.69. The van der Waals surface area contributed by atoms with Crippen LogP contribution in [0.3, 0.4) is 0 Å². The highest BCUT2D eigenvalue weighted by atomic mass is 16.6. The van der Waals surface area contributed by atoms with E-state index in [0.29, 0.717) is 6.54 Å². The fourth-order valence-corrected chi connectivity index (χ4v) is 1.89. The number of carbonyl (C=O) groups excluding carboxylic acids is 1. The highest BCUT2D eigenvalue weighted by Gasteiger charge is 2.43. The molecule has 18 heavy (non-hydrogen) atoms. The molecule has 1 fully saturated rings. The number of benzene rings is 1. The minimum atomic E-state index is -0.642. The highest BCUT2D eigenvalue weighted by Crippen LogP contribution is 2.26. The molecule has 1 aliphatic rings. The molecule has 0 bridgehead atoms. The summed E-state index contributed by atoms with van der Waals surface area (Å²) in [4.78, 5) is 13.2. The largest absolute Gasteiger partial charge is 0.497 e. The predicted octanol–water partition coefficient (Wildman–Crippen LogP) is 1.40. The first kappa shape index (κ1) is 12.7. The van der Waals surface area contributed by atoms with E-state index < -0.39 is 5.54 Å². The molecule has 0 spiro atoms. The zero-order valence-corrected chi connectivity index (χ0v) is 10.5. The van der Waals surface area contributed by atoms with Gasteiger partial charge >= 0.3 is 6.09 Å². The molecule has 1 aliphatic heterocycles. The standard InChI is InChI=1S/C13H17NO4/c1-13(8-15)9-18-12(16)14(13)7-10-3-5-11(17-2)6-4-10/h3-6,15H,7-9H2,1-2H3. The molecular weight excluding hydrogens is 234 g/mol. The first-order valence-corrected chi connectivity index (χ1v) is 5.77. The summed E-state index contributed by atoms with van der Waals surface area (Å²) in [6.07, 6.45) is -0.387. The molecular formula is C13H17NO4. The first-order valence-electron chi connectivity index (χ1n) is 5.77. The molecule has 98 valence electrons. The number of cyclic esters (lactones) is 1. The van der Waals surface area contributed by atoms with E-state index in [1.54, 1.807) is 18.9 Å². The fraction of sp³-hybridized carbons (Fsp3) is 0.462. The summed E-state index contributed by atoms with van der Waals surface area (Å²) in [5, 5.41) is 9.38. The third-order valence-electron chi connectivity index (χ3n) is 3.22. The number of aliphatic hydroxyl groups excluding tert-OH is 1. The normalized spacial score (nSPS) is 23.1. The van der Waals surface area contributed by atoms with Crippen molar-refractivity contribution in [2.45, 2.75) is 19.0 Å². The van der Waals surface area contributed by atoms with E-state index in [4.69, 9.17) is 9.47 Å². The van der Waals surface area contributed by atoms with Crippen LogP contribution in [0.1, 0.15) is 12.5 Å². The Bertz CT molecular complexity index is 431. The SMILES string of the molecule is COc1ccc(CN2C(=O)OCC2(C)CO)cc1. The second-order valence-electron chi connectivity index (χ2n) is 4.64. The van der Waals surface area contributed by atoms with Gasteiger partial charge in [-0.2, -0.15) is 0 Å². The van der Waals surface area contributed by atoms with Crippen molar-refractivity contribution < 1.29 is 19.4 Å². The number of hydrogen-bond donors (Lipinski definition) is 1. The van der Waals surface area contributed by atoms with Gasteiger partial charge in [-0.3, -0.25) is 4.90 Å². The van der Waals surface area contributed by atoms with Crippen LogP contribution < -0.4 is 4.74 Å². The molecule has 5 nitrogen and oxygen atoms in total. The molecule has 1 amide bonds. The maximum Gasteiger partial charge on any atom is 0.410 e. The summed E-state index contributed by atoms with van der Waals surface area (Å²) in [6.45, 7) is 2.33. The maximum atomic E-state index is 11.6. The van der Waals surface area contributed by atoms with E-state index in [-0.39, 0.29) is 19.3 Å². The lowest BCUT2D eigenvalue weighted by Crippen LogP contribution is -2.47. The van der Waals surface area contributed by atoms with Crippen LogP contribution in [0.15, 0.2) is 24.3 Å². The van der Waals surface area contributed by atoms with Crippen LogP contribution in [0, 0.1) is 0 Å². The number of nitrogens with zero attached hydrogens (tertiary/aromatic N) is 1. The van der Waals surface area contributed by atoms with E-state index in [1.807, 2.05) is 24.3 Å². The van der Waals surface area contributed by atoms with Crippen molar-refractivity contribution in [1.82, 2.24) is 4.90 Å². The number of hydrogen-bond acceptors (Lipinski definition) is 4. The van der Waals surface area contributed by atoms with Crippen LogP contribution in [-0.2, 0) is 11.3 Å². The molecule has 1 N–H and O–H groups in total. The Labute approximate surface area is 106 Å². The van der Waals surface area contributed by atoms with Gasteiger partial charge in [0.05, 0.1) is 13.7 Å². The van der Waals surface area contributed by atoms with Gasteiger partial charge in [0, 0.05) is 6.54 Å². The molecule has 0 aliphatic carbocycles. The number of aliphatic hydroxyl groups is 1. The summed E-state index contributed by atoms with van der Waals surface area (Å²) >= 11 is 0. The fourth-order valence-electron chi connectivity index (χ4n) is 1.89. The average molecular weight is 251 g/mol. The van der Waals surface area contributed by atoms with Gasteiger partial charge in [0.25, 0.3) is 0 Å². The van der Waals surface area contributed by atoms with Crippen molar-refractivity contribution in [2.75, 3.05) is 20.3 Å². The number of methoxy groups -OCH3 is 1. The van der Waals surface area contributed by atoms with Crippen LogP contribution in [0.4, 0.5) is 4.79 Å². The lowest BCUT2D eigenvalue weighted by molar-refractivity contribution is 0.0957. The van der Waals surface area contributed by atoms with Gasteiger partial charge in [-0.25, -0.2) is 4.79 Å².